The molecule has 0 saturated carbocycles. The molecule has 24 heavy (non-hydrogen) atoms. The molecule has 2 aliphatic heterocycles. The van der Waals surface area contributed by atoms with Gasteiger partial charge in [-0.2, -0.15) is 0 Å². The number of quaternary nitrogens is 1. The Kier molecular flexibility index (Phi) is 4.39. The fourth-order valence-corrected chi connectivity index (χ4v) is 3.01. The van der Waals surface area contributed by atoms with Crippen LogP contribution in [0.4, 0.5) is 10.5 Å². The maximum absolute atomic E-state index is 11.9. The molecule has 2 saturated heterocycles. The zero-order valence-electron chi connectivity index (χ0n) is 13.8. The summed E-state index contributed by atoms with van der Waals surface area (Å²) in [6.45, 7) is 3.47. The van der Waals surface area contributed by atoms with Gasteiger partial charge < -0.3 is 14.5 Å². The van der Waals surface area contributed by atoms with Gasteiger partial charge in [0.25, 0.3) is 0 Å². The van der Waals surface area contributed by atoms with Crippen LogP contribution < -0.4 is 14.5 Å². The third-order valence-corrected chi connectivity index (χ3v) is 4.54. The number of carbonyl (C=O) groups excluding carboxylic acids is 3. The number of urea groups is 1. The Hall–Kier alpha value is -2.61. The second-order valence-electron chi connectivity index (χ2n) is 5.97. The summed E-state index contributed by atoms with van der Waals surface area (Å²) in [5.41, 5.74) is 1.12. The van der Waals surface area contributed by atoms with Crippen LogP contribution in [0.1, 0.15) is 0 Å². The van der Waals surface area contributed by atoms with E-state index in [2.05, 4.69) is 4.90 Å². The molecule has 0 bridgehead atoms. The van der Waals surface area contributed by atoms with E-state index in [0.29, 0.717) is 0 Å². The SMILES string of the molecule is COc1ccc(N2CC[NH+](CN3C(=O)C(=O)N(C)C3=O)CC2)cc1. The number of nitrogens with one attached hydrogen (secondary N) is 1. The van der Waals surface area contributed by atoms with E-state index < -0.39 is 17.8 Å². The predicted octanol–water partition coefficient (Wildman–Crippen LogP) is -1.22. The maximum Gasteiger partial charge on any atom is 0.338 e. The van der Waals surface area contributed by atoms with Crippen molar-refractivity contribution in [2.45, 2.75) is 0 Å². The lowest BCUT2D eigenvalue weighted by Gasteiger charge is -2.34. The van der Waals surface area contributed by atoms with Crippen molar-refractivity contribution in [1.82, 2.24) is 9.80 Å². The second-order valence-corrected chi connectivity index (χ2v) is 5.97. The number of methoxy groups -OCH3 is 1. The zero-order chi connectivity index (χ0) is 17.3. The Balaban J connectivity index is 1.56. The van der Waals surface area contributed by atoms with Crippen molar-refractivity contribution in [3.63, 3.8) is 0 Å². The van der Waals surface area contributed by atoms with Gasteiger partial charge in [-0.3, -0.25) is 14.5 Å². The molecule has 128 valence electrons. The van der Waals surface area contributed by atoms with Crippen LogP contribution in [0.15, 0.2) is 24.3 Å². The molecule has 0 spiro atoms. The quantitative estimate of drug-likeness (QED) is 0.552. The van der Waals surface area contributed by atoms with E-state index in [1.165, 1.54) is 7.05 Å². The minimum Gasteiger partial charge on any atom is -0.497 e. The van der Waals surface area contributed by atoms with Gasteiger partial charge in [-0.05, 0) is 24.3 Å². The molecule has 0 aliphatic carbocycles. The molecule has 0 radical (unpaired) electrons. The molecule has 0 unspecified atom stereocenters. The molecule has 2 fully saturated rings. The Morgan fingerprint density at radius 1 is 1.04 bits per heavy atom. The molecule has 1 aromatic rings. The Morgan fingerprint density at radius 3 is 2.17 bits per heavy atom. The predicted molar refractivity (Wildman–Crippen MR) is 85.8 cm³/mol. The van der Waals surface area contributed by atoms with Crippen molar-refractivity contribution in [1.29, 1.82) is 0 Å². The Bertz CT molecular complexity index is 653. The van der Waals surface area contributed by atoms with Gasteiger partial charge in [0, 0.05) is 12.7 Å². The zero-order valence-corrected chi connectivity index (χ0v) is 13.8. The highest BCUT2D eigenvalue weighted by atomic mass is 16.5. The molecule has 0 atom stereocenters. The van der Waals surface area contributed by atoms with E-state index in [-0.39, 0.29) is 6.67 Å². The van der Waals surface area contributed by atoms with E-state index in [4.69, 9.17) is 4.74 Å². The summed E-state index contributed by atoms with van der Waals surface area (Å²) >= 11 is 0. The smallest absolute Gasteiger partial charge is 0.338 e. The van der Waals surface area contributed by atoms with Gasteiger partial charge in [0.1, 0.15) is 5.75 Å². The topological polar surface area (TPSA) is 74.6 Å². The molecule has 1 aromatic carbocycles. The van der Waals surface area contributed by atoms with Crippen LogP contribution in [0.25, 0.3) is 0 Å². The average molecular weight is 333 g/mol. The summed E-state index contributed by atoms with van der Waals surface area (Å²) in [4.78, 5) is 40.6. The van der Waals surface area contributed by atoms with Crippen molar-refractivity contribution in [3.05, 3.63) is 24.3 Å². The van der Waals surface area contributed by atoms with Crippen molar-refractivity contribution >= 4 is 23.5 Å². The molecule has 8 nitrogen and oxygen atoms in total. The lowest BCUT2D eigenvalue weighted by Crippen LogP contribution is -3.16. The minimum atomic E-state index is -0.753. The first-order chi connectivity index (χ1) is 11.5. The molecular formula is C16H21N4O4+. The highest BCUT2D eigenvalue weighted by Gasteiger charge is 2.44. The number of nitrogens with zero attached hydrogens (tertiary/aromatic N) is 3. The van der Waals surface area contributed by atoms with Gasteiger partial charge in [-0.25, -0.2) is 9.69 Å². The van der Waals surface area contributed by atoms with Gasteiger partial charge in [0.05, 0.1) is 33.3 Å². The van der Waals surface area contributed by atoms with Gasteiger partial charge in [-0.15, -0.1) is 0 Å². The number of benzene rings is 1. The Labute approximate surface area is 140 Å². The number of hydrogen-bond acceptors (Lipinski definition) is 5. The van der Waals surface area contributed by atoms with Crippen LogP contribution in [0.2, 0.25) is 0 Å². The summed E-state index contributed by atoms with van der Waals surface area (Å²) < 4.78 is 5.16. The highest BCUT2D eigenvalue weighted by Crippen LogP contribution is 2.19. The molecular weight excluding hydrogens is 312 g/mol. The number of likely N-dealkylation sites (N-methyl/N-ethyl adjacent to an activating group) is 1. The van der Waals surface area contributed by atoms with Gasteiger partial charge in [0.15, 0.2) is 6.67 Å². The number of carbonyl (C=O) groups is 3. The summed E-state index contributed by atoms with van der Waals surface area (Å²) in [6.07, 6.45) is 0. The maximum atomic E-state index is 11.9. The van der Waals surface area contributed by atoms with Crippen molar-refractivity contribution in [2.75, 3.05) is 51.9 Å². The van der Waals surface area contributed by atoms with E-state index in [0.717, 1.165) is 52.3 Å². The molecule has 2 aliphatic rings. The molecule has 8 heteroatoms. The van der Waals surface area contributed by atoms with E-state index in [9.17, 15) is 14.4 Å². The third-order valence-electron chi connectivity index (χ3n) is 4.54. The van der Waals surface area contributed by atoms with Gasteiger partial charge in [-0.1, -0.05) is 0 Å². The standard InChI is InChI=1S/C16H20N4O4/c1-17-14(21)15(22)20(16(17)23)11-18-7-9-19(10-8-18)12-3-5-13(24-2)6-4-12/h3-6H,7-11H2,1-2H3/p+1. The van der Waals surface area contributed by atoms with Crippen LogP contribution >= 0.6 is 0 Å². The van der Waals surface area contributed by atoms with Gasteiger partial charge >= 0.3 is 17.8 Å². The number of piperazine rings is 1. The Morgan fingerprint density at radius 2 is 1.67 bits per heavy atom. The fourth-order valence-electron chi connectivity index (χ4n) is 3.01. The third kappa shape index (κ3) is 2.92. The van der Waals surface area contributed by atoms with E-state index in [1.54, 1.807) is 7.11 Å². The van der Waals surface area contributed by atoms with Crippen LogP contribution in [-0.2, 0) is 9.59 Å². The first-order valence-electron chi connectivity index (χ1n) is 7.87. The molecule has 0 aromatic heterocycles. The first kappa shape index (κ1) is 16.3. The summed E-state index contributed by atoms with van der Waals surface area (Å²) in [5.74, 6) is -0.660. The van der Waals surface area contributed by atoms with Crippen LogP contribution in [0.5, 0.6) is 5.75 Å². The molecule has 1 N–H and O–H groups in total. The summed E-state index contributed by atoms with van der Waals surface area (Å²) in [7, 11) is 2.97. The lowest BCUT2D eigenvalue weighted by molar-refractivity contribution is -0.907. The van der Waals surface area contributed by atoms with E-state index in [1.807, 2.05) is 24.3 Å². The second kappa shape index (κ2) is 6.48. The summed E-state index contributed by atoms with van der Waals surface area (Å²) in [6, 6.07) is 7.36. The average Bonchev–Trinajstić information content (AvgIpc) is 2.80. The lowest BCUT2D eigenvalue weighted by atomic mass is 10.2. The van der Waals surface area contributed by atoms with E-state index >= 15 is 0 Å². The largest absolute Gasteiger partial charge is 0.497 e. The molecule has 3 rings (SSSR count). The number of ether oxygens (including phenoxy) is 1. The fraction of sp³-hybridized carbons (Fsp3) is 0.438. The number of rotatable bonds is 4. The van der Waals surface area contributed by atoms with Gasteiger partial charge in [0.2, 0.25) is 0 Å². The number of hydrogen-bond donors (Lipinski definition) is 1. The van der Waals surface area contributed by atoms with Crippen molar-refractivity contribution < 1.29 is 24.0 Å². The van der Waals surface area contributed by atoms with Crippen molar-refractivity contribution in [2.24, 2.45) is 0 Å². The highest BCUT2D eigenvalue weighted by molar-refractivity contribution is 6.44. The van der Waals surface area contributed by atoms with Crippen LogP contribution in [0, 0.1) is 0 Å². The summed E-state index contributed by atoms with van der Waals surface area (Å²) in [5, 5.41) is 0. The number of imide groups is 2. The monoisotopic (exact) mass is 333 g/mol. The molecule has 4 amide bonds. The van der Waals surface area contributed by atoms with Crippen LogP contribution in [-0.4, -0.2) is 74.7 Å². The molecule has 2 heterocycles. The first-order valence-corrected chi connectivity index (χ1v) is 7.87. The number of amides is 4. The van der Waals surface area contributed by atoms with Crippen molar-refractivity contribution in [3.8, 4) is 5.75 Å². The minimum absolute atomic E-state index is 0.240. The number of anilines is 1. The van der Waals surface area contributed by atoms with Crippen LogP contribution in [0.3, 0.4) is 0 Å². The normalized spacial score (nSPS) is 19.4.